The average molecular weight is 576 g/mol. The van der Waals surface area contributed by atoms with Crippen molar-refractivity contribution in [1.82, 2.24) is 15.0 Å². The highest BCUT2D eigenvalue weighted by atomic mass is 16.3. The zero-order valence-corrected chi connectivity index (χ0v) is 24.2. The van der Waals surface area contributed by atoms with Gasteiger partial charge in [0.1, 0.15) is 11.2 Å². The number of benzene rings is 7. The minimum atomic E-state index is 0.648. The number of hydrogen-bond donors (Lipinski definition) is 0. The van der Waals surface area contributed by atoms with Gasteiger partial charge in [0, 0.05) is 27.5 Å². The van der Waals surface area contributed by atoms with Crippen LogP contribution in [0.4, 0.5) is 0 Å². The molecule has 0 spiro atoms. The maximum atomic E-state index is 6.21. The van der Waals surface area contributed by atoms with Crippen LogP contribution < -0.4 is 0 Å². The summed E-state index contributed by atoms with van der Waals surface area (Å²) in [5.74, 6) is 1.95. The average Bonchev–Trinajstić information content (AvgIpc) is 3.48. The molecule has 7 aromatic carbocycles. The molecule has 9 rings (SSSR count). The molecule has 4 heteroatoms. The summed E-state index contributed by atoms with van der Waals surface area (Å²) >= 11 is 0. The molecule has 0 amide bonds. The Morgan fingerprint density at radius 1 is 0.333 bits per heavy atom. The summed E-state index contributed by atoms with van der Waals surface area (Å²) in [6.07, 6.45) is 0. The summed E-state index contributed by atoms with van der Waals surface area (Å²) in [5, 5.41) is 6.81. The first-order valence-electron chi connectivity index (χ1n) is 15.0. The molecule has 0 aliphatic carbocycles. The molecule has 0 aliphatic rings. The molecule has 210 valence electrons. The van der Waals surface area contributed by atoms with Gasteiger partial charge in [-0.05, 0) is 56.9 Å². The zero-order chi connectivity index (χ0) is 29.7. The zero-order valence-electron chi connectivity index (χ0n) is 24.2. The molecule has 0 fully saturated rings. The minimum absolute atomic E-state index is 0.648. The first kappa shape index (κ1) is 25.4. The van der Waals surface area contributed by atoms with Crippen molar-refractivity contribution in [2.24, 2.45) is 0 Å². The second kappa shape index (κ2) is 10.2. The lowest BCUT2D eigenvalue weighted by molar-refractivity contribution is 0.669. The minimum Gasteiger partial charge on any atom is -0.456 e. The van der Waals surface area contributed by atoms with Crippen LogP contribution in [0.25, 0.3) is 88.8 Å². The highest BCUT2D eigenvalue weighted by Crippen LogP contribution is 2.40. The molecular formula is C41H25N3O. The first-order chi connectivity index (χ1) is 22.3. The van der Waals surface area contributed by atoms with E-state index < -0.39 is 0 Å². The van der Waals surface area contributed by atoms with Gasteiger partial charge >= 0.3 is 0 Å². The van der Waals surface area contributed by atoms with E-state index >= 15 is 0 Å². The van der Waals surface area contributed by atoms with Crippen molar-refractivity contribution in [3.05, 3.63) is 152 Å². The number of rotatable bonds is 4. The molecular weight excluding hydrogens is 550 g/mol. The topological polar surface area (TPSA) is 51.8 Å². The SMILES string of the molecule is c1ccc(-c2nc(-c3ccccc3)nc(-c3ccc(-c4cccc5cc6oc7ccccc7c6cc45)c4ccccc34)n2)cc1. The van der Waals surface area contributed by atoms with Gasteiger partial charge in [-0.1, -0.05) is 127 Å². The van der Waals surface area contributed by atoms with Gasteiger partial charge in [-0.15, -0.1) is 0 Å². The van der Waals surface area contributed by atoms with E-state index in [9.17, 15) is 0 Å². The molecule has 0 N–H and O–H groups in total. The van der Waals surface area contributed by atoms with Gasteiger partial charge in [-0.3, -0.25) is 0 Å². The molecule has 2 heterocycles. The van der Waals surface area contributed by atoms with Crippen molar-refractivity contribution in [3.63, 3.8) is 0 Å². The van der Waals surface area contributed by atoms with E-state index in [1.807, 2.05) is 72.8 Å². The fourth-order valence-electron chi connectivity index (χ4n) is 6.39. The summed E-state index contributed by atoms with van der Waals surface area (Å²) < 4.78 is 6.21. The Labute approximate surface area is 259 Å². The van der Waals surface area contributed by atoms with E-state index in [0.717, 1.165) is 60.4 Å². The van der Waals surface area contributed by atoms with Gasteiger partial charge in [-0.2, -0.15) is 0 Å². The molecule has 45 heavy (non-hydrogen) atoms. The van der Waals surface area contributed by atoms with E-state index in [4.69, 9.17) is 19.4 Å². The summed E-state index contributed by atoms with van der Waals surface area (Å²) in [4.78, 5) is 14.9. The third kappa shape index (κ3) is 4.27. The van der Waals surface area contributed by atoms with E-state index in [1.165, 1.54) is 10.9 Å². The van der Waals surface area contributed by atoms with Crippen LogP contribution in [-0.4, -0.2) is 15.0 Å². The van der Waals surface area contributed by atoms with Gasteiger partial charge in [-0.25, -0.2) is 15.0 Å². The monoisotopic (exact) mass is 575 g/mol. The quantitative estimate of drug-likeness (QED) is 0.209. The summed E-state index contributed by atoms with van der Waals surface area (Å²) in [6.45, 7) is 0. The Balaban J connectivity index is 1.27. The highest BCUT2D eigenvalue weighted by Gasteiger charge is 2.17. The molecule has 0 saturated heterocycles. The smallest absolute Gasteiger partial charge is 0.164 e. The lowest BCUT2D eigenvalue weighted by atomic mass is 9.91. The number of fused-ring (bicyclic) bond motifs is 5. The van der Waals surface area contributed by atoms with Crippen molar-refractivity contribution in [3.8, 4) is 45.3 Å². The predicted octanol–water partition coefficient (Wildman–Crippen LogP) is 10.7. The van der Waals surface area contributed by atoms with Crippen molar-refractivity contribution < 1.29 is 4.42 Å². The van der Waals surface area contributed by atoms with Crippen LogP contribution in [0.2, 0.25) is 0 Å². The first-order valence-corrected chi connectivity index (χ1v) is 15.0. The maximum Gasteiger partial charge on any atom is 0.164 e. The summed E-state index contributed by atoms with van der Waals surface area (Å²) in [5.41, 5.74) is 7.01. The van der Waals surface area contributed by atoms with Gasteiger partial charge in [0.25, 0.3) is 0 Å². The van der Waals surface area contributed by atoms with E-state index in [1.54, 1.807) is 0 Å². The Hall–Kier alpha value is -6.13. The van der Waals surface area contributed by atoms with Crippen LogP contribution in [-0.2, 0) is 0 Å². The second-order valence-corrected chi connectivity index (χ2v) is 11.2. The lowest BCUT2D eigenvalue weighted by Gasteiger charge is -2.14. The Morgan fingerprint density at radius 2 is 0.889 bits per heavy atom. The molecule has 9 aromatic rings. The Morgan fingerprint density at radius 3 is 1.60 bits per heavy atom. The van der Waals surface area contributed by atoms with Gasteiger partial charge in [0.05, 0.1) is 0 Å². The predicted molar refractivity (Wildman–Crippen MR) is 184 cm³/mol. The van der Waals surface area contributed by atoms with Crippen LogP contribution in [0.5, 0.6) is 0 Å². The second-order valence-electron chi connectivity index (χ2n) is 11.2. The molecule has 2 aromatic heterocycles. The molecule has 4 nitrogen and oxygen atoms in total. The summed E-state index contributed by atoms with van der Waals surface area (Å²) in [6, 6.07) is 52.2. The molecule has 0 unspecified atom stereocenters. The van der Waals surface area contributed by atoms with E-state index in [2.05, 4.69) is 78.9 Å². The van der Waals surface area contributed by atoms with Gasteiger partial charge in [0.2, 0.25) is 0 Å². The van der Waals surface area contributed by atoms with Crippen LogP contribution in [0.1, 0.15) is 0 Å². The fraction of sp³-hybridized carbons (Fsp3) is 0. The van der Waals surface area contributed by atoms with Gasteiger partial charge < -0.3 is 4.42 Å². The fourth-order valence-corrected chi connectivity index (χ4v) is 6.39. The maximum absolute atomic E-state index is 6.21. The van der Waals surface area contributed by atoms with Crippen LogP contribution in [0.15, 0.2) is 156 Å². The largest absolute Gasteiger partial charge is 0.456 e. The van der Waals surface area contributed by atoms with Crippen LogP contribution in [0.3, 0.4) is 0 Å². The number of aromatic nitrogens is 3. The van der Waals surface area contributed by atoms with Gasteiger partial charge in [0.15, 0.2) is 17.5 Å². The van der Waals surface area contributed by atoms with E-state index in [0.29, 0.717) is 17.5 Å². The Kier molecular flexibility index (Phi) is 5.78. The van der Waals surface area contributed by atoms with Crippen molar-refractivity contribution >= 4 is 43.5 Å². The highest BCUT2D eigenvalue weighted by molar-refractivity contribution is 6.15. The number of para-hydroxylation sites is 1. The third-order valence-electron chi connectivity index (χ3n) is 8.53. The van der Waals surface area contributed by atoms with E-state index in [-0.39, 0.29) is 0 Å². The molecule has 0 aliphatic heterocycles. The van der Waals surface area contributed by atoms with Crippen LogP contribution >= 0.6 is 0 Å². The number of hydrogen-bond acceptors (Lipinski definition) is 4. The molecule has 0 saturated carbocycles. The van der Waals surface area contributed by atoms with Crippen LogP contribution in [0, 0.1) is 0 Å². The molecule has 0 atom stereocenters. The Bertz CT molecular complexity index is 2480. The van der Waals surface area contributed by atoms with Crippen molar-refractivity contribution in [2.75, 3.05) is 0 Å². The van der Waals surface area contributed by atoms with Crippen molar-refractivity contribution in [2.45, 2.75) is 0 Å². The lowest BCUT2D eigenvalue weighted by Crippen LogP contribution is -2.00. The standard InChI is InChI=1S/C41H25N3O/c1-3-12-26(13-4-1)39-42-40(27-14-5-2-6-15-27)44-41(43-39)34-23-22-32(29-17-7-8-18-30(29)34)31-20-11-16-28-24-38-36(25-35(28)31)33-19-9-10-21-37(33)45-38/h1-25H. The number of nitrogens with zero attached hydrogens (tertiary/aromatic N) is 3. The van der Waals surface area contributed by atoms with Crippen molar-refractivity contribution in [1.29, 1.82) is 0 Å². The molecule has 0 bridgehead atoms. The molecule has 0 radical (unpaired) electrons. The summed E-state index contributed by atoms with van der Waals surface area (Å²) in [7, 11) is 0. The normalized spacial score (nSPS) is 11.6. The third-order valence-corrected chi connectivity index (χ3v) is 8.53. The number of furan rings is 1.